The second-order valence-electron chi connectivity index (χ2n) is 3.73. The number of nitrogens with zero attached hydrogens (tertiary/aromatic N) is 2. The second kappa shape index (κ2) is 5.32. The van der Waals surface area contributed by atoms with E-state index in [-0.39, 0.29) is 11.9 Å². The highest BCUT2D eigenvalue weighted by Gasteiger charge is 2.29. The van der Waals surface area contributed by atoms with Crippen LogP contribution in [0.4, 0.5) is 0 Å². The Morgan fingerprint density at radius 3 is 2.79 bits per heavy atom. The summed E-state index contributed by atoms with van der Waals surface area (Å²) in [6, 6.07) is 0.0528. The van der Waals surface area contributed by atoms with Gasteiger partial charge in [-0.1, -0.05) is 0 Å². The van der Waals surface area contributed by atoms with Crippen LogP contribution in [-0.2, 0) is 4.79 Å². The van der Waals surface area contributed by atoms with Crippen LogP contribution in [0.15, 0.2) is 0 Å². The van der Waals surface area contributed by atoms with Crippen molar-refractivity contribution in [2.75, 3.05) is 39.8 Å². The molecule has 14 heavy (non-hydrogen) atoms. The molecule has 0 saturated carbocycles. The maximum Gasteiger partial charge on any atom is 0.239 e. The number of hydrogen-bond donors (Lipinski definition) is 1. The Hall–Kier alpha value is -0.610. The van der Waals surface area contributed by atoms with Crippen LogP contribution in [-0.4, -0.2) is 61.5 Å². The molecule has 1 heterocycles. The van der Waals surface area contributed by atoms with Gasteiger partial charge in [-0.05, 0) is 20.9 Å². The van der Waals surface area contributed by atoms with Crippen LogP contribution >= 0.6 is 0 Å². The number of carbonyl (C=O) groups is 1. The molecule has 1 unspecified atom stereocenters. The predicted molar refractivity (Wildman–Crippen MR) is 57.2 cm³/mol. The van der Waals surface area contributed by atoms with Gasteiger partial charge in [0.05, 0.1) is 6.04 Å². The topological polar surface area (TPSA) is 35.6 Å². The third kappa shape index (κ3) is 2.45. The molecule has 1 rings (SSSR count). The van der Waals surface area contributed by atoms with E-state index in [2.05, 4.69) is 10.2 Å². The minimum atomic E-state index is 0.0528. The van der Waals surface area contributed by atoms with Gasteiger partial charge in [-0.3, -0.25) is 9.69 Å². The molecule has 0 aromatic rings. The Morgan fingerprint density at radius 2 is 2.21 bits per heavy atom. The van der Waals surface area contributed by atoms with Gasteiger partial charge < -0.3 is 10.2 Å². The minimum absolute atomic E-state index is 0.0528. The third-order valence-electron chi connectivity index (χ3n) is 2.90. The fourth-order valence-electron chi connectivity index (χ4n) is 1.85. The van der Waals surface area contributed by atoms with E-state index in [0.717, 1.165) is 32.7 Å². The quantitative estimate of drug-likeness (QED) is 0.678. The summed E-state index contributed by atoms with van der Waals surface area (Å²) in [6.07, 6.45) is 0. The highest BCUT2D eigenvalue weighted by molar-refractivity contribution is 5.82. The summed E-state index contributed by atoms with van der Waals surface area (Å²) >= 11 is 0. The van der Waals surface area contributed by atoms with Gasteiger partial charge in [0, 0.05) is 32.7 Å². The molecule has 1 amide bonds. The molecule has 0 spiro atoms. The van der Waals surface area contributed by atoms with Crippen molar-refractivity contribution >= 4 is 5.91 Å². The average molecular weight is 199 g/mol. The summed E-state index contributed by atoms with van der Waals surface area (Å²) < 4.78 is 0. The molecular weight excluding hydrogens is 178 g/mol. The van der Waals surface area contributed by atoms with Crippen LogP contribution in [0.5, 0.6) is 0 Å². The van der Waals surface area contributed by atoms with Gasteiger partial charge in [0.25, 0.3) is 0 Å². The van der Waals surface area contributed by atoms with Crippen LogP contribution < -0.4 is 5.32 Å². The normalized spacial score (nSPS) is 24.4. The van der Waals surface area contributed by atoms with Crippen molar-refractivity contribution in [2.45, 2.75) is 19.9 Å². The molecule has 0 radical (unpaired) electrons. The van der Waals surface area contributed by atoms with Crippen LogP contribution in [0.25, 0.3) is 0 Å². The van der Waals surface area contributed by atoms with Crippen molar-refractivity contribution in [3.05, 3.63) is 0 Å². The van der Waals surface area contributed by atoms with E-state index in [4.69, 9.17) is 0 Å². The predicted octanol–water partition coefficient (Wildman–Crippen LogP) is -0.242. The molecule has 0 aliphatic carbocycles. The Balaban J connectivity index is 2.46. The number of piperazine rings is 1. The Labute approximate surface area is 86.2 Å². The number of rotatable bonds is 4. The summed E-state index contributed by atoms with van der Waals surface area (Å²) in [5.74, 6) is 0.273. The lowest BCUT2D eigenvalue weighted by atomic mass is 10.2. The molecule has 0 bridgehead atoms. The highest BCUT2D eigenvalue weighted by atomic mass is 16.2. The fraction of sp³-hybridized carbons (Fsp3) is 0.900. The maximum atomic E-state index is 11.8. The van der Waals surface area contributed by atoms with Crippen LogP contribution in [0.1, 0.15) is 13.8 Å². The third-order valence-corrected chi connectivity index (χ3v) is 2.90. The SMILES string of the molecule is CCN1CCN(CCNC)C(C)C1=O. The van der Waals surface area contributed by atoms with Gasteiger partial charge in [-0.2, -0.15) is 0 Å². The lowest BCUT2D eigenvalue weighted by molar-refractivity contribution is -0.140. The molecule has 4 heteroatoms. The molecule has 1 N–H and O–H groups in total. The first kappa shape index (κ1) is 11.5. The molecule has 0 aromatic carbocycles. The van der Waals surface area contributed by atoms with Gasteiger partial charge >= 0.3 is 0 Å². The molecular formula is C10H21N3O. The van der Waals surface area contributed by atoms with Gasteiger partial charge in [-0.15, -0.1) is 0 Å². The smallest absolute Gasteiger partial charge is 0.239 e. The van der Waals surface area contributed by atoms with E-state index in [1.807, 2.05) is 25.8 Å². The molecule has 0 aromatic heterocycles. The van der Waals surface area contributed by atoms with Crippen molar-refractivity contribution in [3.8, 4) is 0 Å². The zero-order chi connectivity index (χ0) is 10.6. The summed E-state index contributed by atoms with van der Waals surface area (Å²) in [4.78, 5) is 16.0. The summed E-state index contributed by atoms with van der Waals surface area (Å²) in [5.41, 5.74) is 0. The molecule has 82 valence electrons. The number of hydrogen-bond acceptors (Lipinski definition) is 3. The first-order chi connectivity index (χ1) is 6.70. The van der Waals surface area contributed by atoms with Crippen molar-refractivity contribution < 1.29 is 4.79 Å². The van der Waals surface area contributed by atoms with E-state index < -0.39 is 0 Å². The van der Waals surface area contributed by atoms with Gasteiger partial charge in [0.15, 0.2) is 0 Å². The molecule has 1 saturated heterocycles. The summed E-state index contributed by atoms with van der Waals surface area (Å²) in [7, 11) is 1.94. The standard InChI is InChI=1S/C10H21N3O/c1-4-12-7-8-13(6-5-11-3)9(2)10(12)14/h9,11H,4-8H2,1-3H3. The van der Waals surface area contributed by atoms with E-state index in [9.17, 15) is 4.79 Å². The second-order valence-corrected chi connectivity index (χ2v) is 3.73. The Morgan fingerprint density at radius 1 is 1.50 bits per heavy atom. The maximum absolute atomic E-state index is 11.8. The van der Waals surface area contributed by atoms with E-state index >= 15 is 0 Å². The fourth-order valence-corrected chi connectivity index (χ4v) is 1.85. The number of nitrogens with one attached hydrogen (secondary N) is 1. The van der Waals surface area contributed by atoms with Crippen molar-refractivity contribution in [1.29, 1.82) is 0 Å². The largest absolute Gasteiger partial charge is 0.340 e. The number of carbonyl (C=O) groups excluding carboxylic acids is 1. The molecule has 1 atom stereocenters. The number of amides is 1. The minimum Gasteiger partial charge on any atom is -0.340 e. The molecule has 4 nitrogen and oxygen atoms in total. The van der Waals surface area contributed by atoms with Crippen molar-refractivity contribution in [2.24, 2.45) is 0 Å². The van der Waals surface area contributed by atoms with Crippen molar-refractivity contribution in [3.63, 3.8) is 0 Å². The van der Waals surface area contributed by atoms with Crippen LogP contribution in [0.2, 0.25) is 0 Å². The summed E-state index contributed by atoms with van der Waals surface area (Å²) in [6.45, 7) is 8.66. The lowest BCUT2D eigenvalue weighted by Crippen LogP contribution is -2.56. The Kier molecular flexibility index (Phi) is 4.35. The van der Waals surface area contributed by atoms with E-state index in [0.29, 0.717) is 0 Å². The molecule has 1 aliphatic heterocycles. The zero-order valence-electron chi connectivity index (χ0n) is 9.42. The highest BCUT2D eigenvalue weighted by Crippen LogP contribution is 2.09. The van der Waals surface area contributed by atoms with Crippen molar-refractivity contribution in [1.82, 2.24) is 15.1 Å². The van der Waals surface area contributed by atoms with Gasteiger partial charge in [-0.25, -0.2) is 0 Å². The molecule has 1 aliphatic rings. The monoisotopic (exact) mass is 199 g/mol. The van der Waals surface area contributed by atoms with Crippen LogP contribution in [0, 0.1) is 0 Å². The summed E-state index contributed by atoms with van der Waals surface area (Å²) in [5, 5.41) is 3.11. The average Bonchev–Trinajstić information content (AvgIpc) is 2.20. The van der Waals surface area contributed by atoms with E-state index in [1.165, 1.54) is 0 Å². The van der Waals surface area contributed by atoms with Gasteiger partial charge in [0.2, 0.25) is 5.91 Å². The van der Waals surface area contributed by atoms with Gasteiger partial charge in [0.1, 0.15) is 0 Å². The molecule has 1 fully saturated rings. The number of likely N-dealkylation sites (N-methyl/N-ethyl adjacent to an activating group) is 2. The zero-order valence-corrected chi connectivity index (χ0v) is 9.42. The first-order valence-electron chi connectivity index (χ1n) is 5.38. The van der Waals surface area contributed by atoms with E-state index in [1.54, 1.807) is 0 Å². The first-order valence-corrected chi connectivity index (χ1v) is 5.38. The lowest BCUT2D eigenvalue weighted by Gasteiger charge is -2.38. The van der Waals surface area contributed by atoms with Crippen LogP contribution in [0.3, 0.4) is 0 Å². The Bertz CT molecular complexity index is 196.